The summed E-state index contributed by atoms with van der Waals surface area (Å²) >= 11 is 0. The van der Waals surface area contributed by atoms with Crippen LogP contribution in [0.5, 0.6) is 0 Å². The molecule has 108 valence electrons. The van der Waals surface area contributed by atoms with E-state index in [-0.39, 0.29) is 28.2 Å². The van der Waals surface area contributed by atoms with E-state index in [1.54, 1.807) is 24.3 Å². The van der Waals surface area contributed by atoms with Gasteiger partial charge in [0.1, 0.15) is 0 Å². The van der Waals surface area contributed by atoms with Crippen molar-refractivity contribution in [3.8, 4) is 0 Å². The van der Waals surface area contributed by atoms with E-state index >= 15 is 0 Å². The monoisotopic (exact) mass is 360 g/mol. The van der Waals surface area contributed by atoms with Crippen molar-refractivity contribution < 1.29 is 36.9 Å². The molecule has 0 bridgehead atoms. The fourth-order valence-corrected chi connectivity index (χ4v) is 3.32. The second-order valence-corrected chi connectivity index (χ2v) is 6.07. The molecule has 0 spiro atoms. The van der Waals surface area contributed by atoms with Gasteiger partial charge in [-0.2, -0.15) is 0 Å². The Kier molecular flexibility index (Phi) is 6.84. The molecule has 2 aromatic rings. The Morgan fingerprint density at radius 1 is 0.667 bits per heavy atom. The van der Waals surface area contributed by atoms with Crippen molar-refractivity contribution in [2.45, 2.75) is 9.79 Å². The zero-order valence-electron chi connectivity index (χ0n) is 10.4. The molecule has 0 saturated heterocycles. The SMILES string of the molecule is O=C([O-])c1ccc(SSc2ccc(C(=O)[O-])cc2)cc1.[Fe+2]. The molecule has 0 aliphatic rings. The summed E-state index contributed by atoms with van der Waals surface area (Å²) < 4.78 is 0. The minimum absolute atomic E-state index is 0. The molecular weight excluding hydrogens is 352 g/mol. The summed E-state index contributed by atoms with van der Waals surface area (Å²) in [5.41, 5.74) is 0.273. The summed E-state index contributed by atoms with van der Waals surface area (Å²) in [7, 11) is 2.90. The van der Waals surface area contributed by atoms with Gasteiger partial charge in [0.2, 0.25) is 0 Å². The Balaban J connectivity index is 0.00000220. The number of carbonyl (C=O) groups excluding carboxylic acids is 2. The topological polar surface area (TPSA) is 80.3 Å². The van der Waals surface area contributed by atoms with Crippen molar-refractivity contribution in [3.63, 3.8) is 0 Å². The van der Waals surface area contributed by atoms with Gasteiger partial charge in [-0.3, -0.25) is 0 Å². The van der Waals surface area contributed by atoms with E-state index in [1.807, 2.05) is 0 Å². The molecule has 0 unspecified atom stereocenters. The third-order valence-corrected chi connectivity index (χ3v) is 4.83. The van der Waals surface area contributed by atoms with Crippen molar-refractivity contribution in [2.24, 2.45) is 0 Å². The molecule has 0 fully saturated rings. The number of aromatic carboxylic acids is 2. The van der Waals surface area contributed by atoms with Crippen LogP contribution >= 0.6 is 21.6 Å². The summed E-state index contributed by atoms with van der Waals surface area (Å²) in [6.45, 7) is 0. The Bertz CT molecular complexity index is 569. The van der Waals surface area contributed by atoms with Crippen LogP contribution in [0.3, 0.4) is 0 Å². The van der Waals surface area contributed by atoms with Crippen molar-refractivity contribution >= 4 is 33.5 Å². The van der Waals surface area contributed by atoms with Crippen molar-refractivity contribution in [3.05, 3.63) is 59.7 Å². The van der Waals surface area contributed by atoms with Crippen LogP contribution in [0.1, 0.15) is 20.7 Å². The van der Waals surface area contributed by atoms with E-state index in [4.69, 9.17) is 0 Å². The number of hydrogen-bond acceptors (Lipinski definition) is 6. The van der Waals surface area contributed by atoms with Crippen LogP contribution in [0.2, 0.25) is 0 Å². The minimum Gasteiger partial charge on any atom is -0.545 e. The van der Waals surface area contributed by atoms with Crippen LogP contribution in [0, 0.1) is 0 Å². The van der Waals surface area contributed by atoms with Crippen molar-refractivity contribution in [2.75, 3.05) is 0 Å². The van der Waals surface area contributed by atoms with E-state index in [0.29, 0.717) is 0 Å². The van der Waals surface area contributed by atoms with E-state index in [2.05, 4.69) is 0 Å². The first kappa shape index (κ1) is 17.7. The maximum Gasteiger partial charge on any atom is 2.00 e. The number of benzene rings is 2. The fourth-order valence-electron chi connectivity index (χ4n) is 1.39. The number of rotatable bonds is 5. The van der Waals surface area contributed by atoms with Crippen LogP contribution in [0.15, 0.2) is 58.3 Å². The number of carboxylic acid groups (broad SMARTS) is 2. The van der Waals surface area contributed by atoms with Crippen molar-refractivity contribution in [1.29, 1.82) is 0 Å². The van der Waals surface area contributed by atoms with Gasteiger partial charge in [-0.25, -0.2) is 0 Å². The molecule has 4 nitrogen and oxygen atoms in total. The molecule has 0 heterocycles. The van der Waals surface area contributed by atoms with Gasteiger partial charge >= 0.3 is 17.1 Å². The fraction of sp³-hybridized carbons (Fsp3) is 0. The molecule has 0 aliphatic carbocycles. The molecule has 0 aliphatic heterocycles. The molecule has 0 radical (unpaired) electrons. The minimum atomic E-state index is -1.20. The van der Waals surface area contributed by atoms with Crippen LogP contribution < -0.4 is 10.2 Å². The van der Waals surface area contributed by atoms with Gasteiger partial charge in [-0.15, -0.1) is 0 Å². The summed E-state index contributed by atoms with van der Waals surface area (Å²) in [6, 6.07) is 12.7. The first-order chi connectivity index (χ1) is 9.56. The predicted octanol–water partition coefficient (Wildman–Crippen LogP) is 1.21. The van der Waals surface area contributed by atoms with Gasteiger partial charge in [-0.05, 0) is 35.4 Å². The zero-order chi connectivity index (χ0) is 14.5. The summed E-state index contributed by atoms with van der Waals surface area (Å²) in [5.74, 6) is -2.40. The Hall–Kier alpha value is -1.40. The number of carbonyl (C=O) groups is 2. The number of carboxylic acids is 2. The Morgan fingerprint density at radius 2 is 0.952 bits per heavy atom. The average Bonchev–Trinajstić information content (AvgIpc) is 2.46. The van der Waals surface area contributed by atoms with Gasteiger partial charge in [0.15, 0.2) is 0 Å². The second-order valence-electron chi connectivity index (χ2n) is 3.79. The largest absolute Gasteiger partial charge is 2.00 e. The summed E-state index contributed by atoms with van der Waals surface area (Å²) in [4.78, 5) is 23.0. The van der Waals surface area contributed by atoms with E-state index in [1.165, 1.54) is 45.9 Å². The van der Waals surface area contributed by atoms with Crippen LogP contribution in [0.4, 0.5) is 0 Å². The van der Waals surface area contributed by atoms with E-state index in [0.717, 1.165) is 9.79 Å². The molecule has 0 atom stereocenters. The van der Waals surface area contributed by atoms with Gasteiger partial charge in [-0.1, -0.05) is 45.9 Å². The zero-order valence-corrected chi connectivity index (χ0v) is 13.2. The van der Waals surface area contributed by atoms with Gasteiger partial charge in [0, 0.05) is 9.79 Å². The molecule has 0 amide bonds. The molecule has 0 aromatic heterocycles. The first-order valence-corrected chi connectivity index (χ1v) is 7.68. The maximum absolute atomic E-state index is 10.6. The maximum atomic E-state index is 10.6. The summed E-state index contributed by atoms with van der Waals surface area (Å²) in [5, 5.41) is 21.2. The molecular formula is C14H8FeO4S2. The molecule has 7 heteroatoms. The molecule has 0 saturated carbocycles. The van der Waals surface area contributed by atoms with Crippen molar-refractivity contribution in [1.82, 2.24) is 0 Å². The predicted molar refractivity (Wildman–Crippen MR) is 73.3 cm³/mol. The smallest absolute Gasteiger partial charge is 0.545 e. The van der Waals surface area contributed by atoms with Crippen LogP contribution in [-0.4, -0.2) is 11.9 Å². The molecule has 0 N–H and O–H groups in total. The van der Waals surface area contributed by atoms with E-state index < -0.39 is 11.9 Å². The summed E-state index contributed by atoms with van der Waals surface area (Å²) in [6.07, 6.45) is 0. The second kappa shape index (κ2) is 8.14. The third kappa shape index (κ3) is 5.13. The van der Waals surface area contributed by atoms with Crippen LogP contribution in [0.25, 0.3) is 0 Å². The first-order valence-electron chi connectivity index (χ1n) is 5.53. The Morgan fingerprint density at radius 3 is 1.19 bits per heavy atom. The average molecular weight is 360 g/mol. The molecule has 2 rings (SSSR count). The third-order valence-electron chi connectivity index (χ3n) is 2.41. The van der Waals surface area contributed by atoms with Gasteiger partial charge in [0.05, 0.1) is 11.9 Å². The molecule has 21 heavy (non-hydrogen) atoms. The van der Waals surface area contributed by atoms with Gasteiger partial charge in [0.25, 0.3) is 0 Å². The number of hydrogen-bond donors (Lipinski definition) is 0. The molecule has 2 aromatic carbocycles. The van der Waals surface area contributed by atoms with E-state index in [9.17, 15) is 19.8 Å². The quantitative estimate of drug-likeness (QED) is 0.589. The Labute approximate surface area is 139 Å². The normalized spacial score (nSPS) is 9.71. The van der Waals surface area contributed by atoms with Crippen LogP contribution in [-0.2, 0) is 17.1 Å². The van der Waals surface area contributed by atoms with Gasteiger partial charge < -0.3 is 19.8 Å². The standard InChI is InChI=1S/C14H10O4S2.Fe/c15-13(16)9-1-5-11(6-2-9)19-20-12-7-3-10(4-8-12)14(17)18;/h1-8H,(H,15,16)(H,17,18);/q;+2/p-2.